The molecule has 6 heteroatoms. The number of anilines is 1. The topological polar surface area (TPSA) is 50.2 Å². The van der Waals surface area contributed by atoms with Crippen LogP contribution in [0.25, 0.3) is 5.69 Å². The Balaban J connectivity index is 1.46. The number of nitrogens with zero attached hydrogens (tertiary/aromatic N) is 3. The molecule has 1 N–H and O–H groups in total. The lowest BCUT2D eigenvalue weighted by Gasteiger charge is -2.26. The van der Waals surface area contributed by atoms with Crippen LogP contribution in [-0.4, -0.2) is 33.7 Å². The van der Waals surface area contributed by atoms with Crippen LogP contribution in [0.5, 0.6) is 0 Å². The first-order chi connectivity index (χ1) is 13.0. The number of hydrogen-bond donors (Lipinski definition) is 1. The van der Waals surface area contributed by atoms with E-state index in [-0.39, 0.29) is 5.91 Å². The summed E-state index contributed by atoms with van der Waals surface area (Å²) >= 11 is 1.82. The Morgan fingerprint density at radius 3 is 2.74 bits per heavy atom. The van der Waals surface area contributed by atoms with Crippen molar-refractivity contribution in [1.82, 2.24) is 14.7 Å². The lowest BCUT2D eigenvalue weighted by molar-refractivity contribution is -0.117. The zero-order chi connectivity index (χ0) is 19.0. The Kier molecular flexibility index (Phi) is 4.85. The fourth-order valence-corrected chi connectivity index (χ4v) is 4.47. The Morgan fingerprint density at radius 1 is 1.19 bits per heavy atom. The zero-order valence-electron chi connectivity index (χ0n) is 16.0. The lowest BCUT2D eigenvalue weighted by atomic mass is 10.1. The third-order valence-corrected chi connectivity index (χ3v) is 6.11. The molecule has 0 aliphatic carbocycles. The van der Waals surface area contributed by atoms with Gasteiger partial charge in [-0.1, -0.05) is 17.7 Å². The van der Waals surface area contributed by atoms with Crippen LogP contribution in [0.4, 0.5) is 5.69 Å². The van der Waals surface area contributed by atoms with Gasteiger partial charge in [0.25, 0.3) is 0 Å². The SMILES string of the molecule is Cc1ccc(-n2nc(C)c(NC(=O)CN3CCc4sccc4C3)c2C)cc1. The van der Waals surface area contributed by atoms with E-state index in [9.17, 15) is 4.79 Å². The van der Waals surface area contributed by atoms with E-state index < -0.39 is 0 Å². The number of rotatable bonds is 4. The highest BCUT2D eigenvalue weighted by molar-refractivity contribution is 7.10. The van der Waals surface area contributed by atoms with E-state index in [1.807, 2.05) is 42.0 Å². The highest BCUT2D eigenvalue weighted by Gasteiger charge is 2.21. The number of carbonyl (C=O) groups is 1. The molecule has 0 unspecified atom stereocenters. The molecule has 1 aromatic carbocycles. The molecule has 27 heavy (non-hydrogen) atoms. The van der Waals surface area contributed by atoms with E-state index in [0.717, 1.165) is 42.3 Å². The fourth-order valence-electron chi connectivity index (χ4n) is 3.58. The van der Waals surface area contributed by atoms with E-state index >= 15 is 0 Å². The first kappa shape index (κ1) is 17.9. The quantitative estimate of drug-likeness (QED) is 0.748. The number of nitrogens with one attached hydrogen (secondary N) is 1. The summed E-state index contributed by atoms with van der Waals surface area (Å²) < 4.78 is 1.89. The predicted molar refractivity (Wildman–Crippen MR) is 110 cm³/mol. The second kappa shape index (κ2) is 7.29. The molecule has 0 saturated carbocycles. The first-order valence-corrected chi connectivity index (χ1v) is 10.1. The van der Waals surface area contributed by atoms with E-state index in [4.69, 9.17) is 0 Å². The molecule has 5 nitrogen and oxygen atoms in total. The van der Waals surface area contributed by atoms with Gasteiger partial charge in [0.1, 0.15) is 0 Å². The van der Waals surface area contributed by atoms with Crippen LogP contribution >= 0.6 is 11.3 Å². The Hall–Kier alpha value is -2.44. The molecule has 0 spiro atoms. The Bertz CT molecular complexity index is 971. The van der Waals surface area contributed by atoms with Crippen molar-refractivity contribution in [2.75, 3.05) is 18.4 Å². The highest BCUT2D eigenvalue weighted by atomic mass is 32.1. The van der Waals surface area contributed by atoms with Gasteiger partial charge >= 0.3 is 0 Å². The minimum Gasteiger partial charge on any atom is -0.322 e. The van der Waals surface area contributed by atoms with Gasteiger partial charge < -0.3 is 5.32 Å². The minimum atomic E-state index is 0.0170. The number of aromatic nitrogens is 2. The van der Waals surface area contributed by atoms with Crippen molar-refractivity contribution in [3.63, 3.8) is 0 Å². The molecule has 0 fully saturated rings. The summed E-state index contributed by atoms with van der Waals surface area (Å²) in [5, 5.41) is 9.85. The number of benzene rings is 1. The molecule has 0 atom stereocenters. The summed E-state index contributed by atoms with van der Waals surface area (Å²) in [6.07, 6.45) is 1.03. The van der Waals surface area contributed by atoms with E-state index in [1.165, 1.54) is 16.0 Å². The number of fused-ring (bicyclic) bond motifs is 1. The molecule has 0 radical (unpaired) electrons. The molecular weight excluding hydrogens is 356 g/mol. The number of amides is 1. The largest absolute Gasteiger partial charge is 0.322 e. The molecule has 3 heterocycles. The van der Waals surface area contributed by atoms with Crippen molar-refractivity contribution in [2.24, 2.45) is 0 Å². The molecule has 4 rings (SSSR count). The number of carbonyl (C=O) groups excluding carboxylic acids is 1. The highest BCUT2D eigenvalue weighted by Crippen LogP contribution is 2.25. The van der Waals surface area contributed by atoms with Crippen LogP contribution in [0.3, 0.4) is 0 Å². The second-order valence-corrected chi connectivity index (χ2v) is 8.17. The summed E-state index contributed by atoms with van der Waals surface area (Å²) in [5.41, 5.74) is 6.17. The number of thiophene rings is 1. The van der Waals surface area contributed by atoms with Crippen molar-refractivity contribution in [3.8, 4) is 5.69 Å². The third kappa shape index (κ3) is 3.68. The molecule has 3 aromatic rings. The lowest BCUT2D eigenvalue weighted by Crippen LogP contribution is -2.36. The molecule has 1 aliphatic rings. The van der Waals surface area contributed by atoms with Gasteiger partial charge in [0.15, 0.2) is 0 Å². The van der Waals surface area contributed by atoms with Crippen molar-refractivity contribution in [3.05, 3.63) is 63.1 Å². The summed E-state index contributed by atoms with van der Waals surface area (Å²) in [6, 6.07) is 10.4. The van der Waals surface area contributed by atoms with Crippen LogP contribution in [-0.2, 0) is 17.8 Å². The molecule has 0 saturated heterocycles. The van der Waals surface area contributed by atoms with Crippen molar-refractivity contribution >= 4 is 22.9 Å². The number of aryl methyl sites for hydroxylation is 2. The van der Waals surface area contributed by atoms with Crippen LogP contribution in [0, 0.1) is 20.8 Å². The summed E-state index contributed by atoms with van der Waals surface area (Å²) in [4.78, 5) is 16.3. The standard InChI is InChI=1S/C21H24N4OS/c1-14-4-6-18(7-5-14)25-16(3)21(15(2)23-25)22-20(26)13-24-10-8-19-17(12-24)9-11-27-19/h4-7,9,11H,8,10,12-13H2,1-3H3,(H,22,26). The maximum Gasteiger partial charge on any atom is 0.238 e. The monoisotopic (exact) mass is 380 g/mol. The summed E-state index contributed by atoms with van der Waals surface area (Å²) in [6.45, 7) is 8.19. The first-order valence-electron chi connectivity index (χ1n) is 9.22. The van der Waals surface area contributed by atoms with Crippen molar-refractivity contribution in [1.29, 1.82) is 0 Å². The van der Waals surface area contributed by atoms with Crippen molar-refractivity contribution < 1.29 is 4.79 Å². The smallest absolute Gasteiger partial charge is 0.238 e. The van der Waals surface area contributed by atoms with E-state index in [1.54, 1.807) is 0 Å². The van der Waals surface area contributed by atoms with Gasteiger partial charge in [-0.25, -0.2) is 4.68 Å². The Labute approximate surface area is 163 Å². The molecule has 1 aliphatic heterocycles. The average molecular weight is 381 g/mol. The molecule has 140 valence electrons. The molecular formula is C21H24N4OS. The fraction of sp³-hybridized carbons (Fsp3) is 0.333. The van der Waals surface area contributed by atoms with Gasteiger partial charge in [0.05, 0.1) is 29.3 Å². The summed E-state index contributed by atoms with van der Waals surface area (Å²) in [5.74, 6) is 0.0170. The van der Waals surface area contributed by atoms with Crippen molar-refractivity contribution in [2.45, 2.75) is 33.7 Å². The van der Waals surface area contributed by atoms with Gasteiger partial charge in [0.2, 0.25) is 5.91 Å². The minimum absolute atomic E-state index is 0.0170. The molecule has 2 aromatic heterocycles. The van der Waals surface area contributed by atoms with Gasteiger partial charge in [0, 0.05) is 18.0 Å². The van der Waals surface area contributed by atoms with E-state index in [0.29, 0.717) is 6.54 Å². The van der Waals surface area contributed by atoms with Crippen LogP contribution in [0.1, 0.15) is 27.4 Å². The predicted octanol–water partition coefficient (Wildman–Crippen LogP) is 3.86. The number of hydrogen-bond acceptors (Lipinski definition) is 4. The van der Waals surface area contributed by atoms with Gasteiger partial charge in [-0.05, 0) is 56.3 Å². The Morgan fingerprint density at radius 2 is 1.96 bits per heavy atom. The second-order valence-electron chi connectivity index (χ2n) is 7.17. The molecule has 0 bridgehead atoms. The maximum atomic E-state index is 12.6. The van der Waals surface area contributed by atoms with Crippen LogP contribution in [0.2, 0.25) is 0 Å². The van der Waals surface area contributed by atoms with E-state index in [2.05, 4.69) is 45.8 Å². The van der Waals surface area contributed by atoms with Gasteiger partial charge in [-0.15, -0.1) is 11.3 Å². The molecule has 1 amide bonds. The van der Waals surface area contributed by atoms with Gasteiger partial charge in [-0.2, -0.15) is 5.10 Å². The summed E-state index contributed by atoms with van der Waals surface area (Å²) in [7, 11) is 0. The zero-order valence-corrected chi connectivity index (χ0v) is 16.8. The van der Waals surface area contributed by atoms with Crippen LogP contribution in [0.15, 0.2) is 35.7 Å². The van der Waals surface area contributed by atoms with Crippen LogP contribution < -0.4 is 5.32 Å². The average Bonchev–Trinajstić information content (AvgIpc) is 3.22. The normalized spacial score (nSPS) is 14.2. The van der Waals surface area contributed by atoms with Gasteiger partial charge in [-0.3, -0.25) is 9.69 Å². The maximum absolute atomic E-state index is 12.6. The third-order valence-electron chi connectivity index (χ3n) is 5.09.